The number of hydrogen-bond acceptors (Lipinski definition) is 1. The van der Waals surface area contributed by atoms with Gasteiger partial charge in [0.05, 0.1) is 0 Å². The molecule has 0 aliphatic heterocycles. The number of hydrogen-bond donors (Lipinski definition) is 1. The Bertz CT molecular complexity index is 405. The van der Waals surface area contributed by atoms with E-state index in [4.69, 9.17) is 0 Å². The van der Waals surface area contributed by atoms with Gasteiger partial charge in [-0.15, -0.1) is 0 Å². The zero-order chi connectivity index (χ0) is 13.7. The van der Waals surface area contributed by atoms with Gasteiger partial charge >= 0.3 is 0 Å². The topological polar surface area (TPSA) is 29.1 Å². The third-order valence-corrected chi connectivity index (χ3v) is 4.22. The quantitative estimate of drug-likeness (QED) is 0.859. The van der Waals surface area contributed by atoms with Crippen molar-refractivity contribution in [1.29, 1.82) is 0 Å². The van der Waals surface area contributed by atoms with Crippen molar-refractivity contribution >= 4 is 5.91 Å². The minimum absolute atomic E-state index is 0.0962. The number of carbonyl (C=O) groups is 1. The summed E-state index contributed by atoms with van der Waals surface area (Å²) in [6.07, 6.45) is 5.78. The van der Waals surface area contributed by atoms with Crippen LogP contribution in [-0.2, 0) is 10.2 Å². The Balaban J connectivity index is 1.83. The van der Waals surface area contributed by atoms with Crippen LogP contribution in [0.5, 0.6) is 0 Å². The molecule has 0 bridgehead atoms. The van der Waals surface area contributed by atoms with Crippen molar-refractivity contribution in [3.8, 4) is 0 Å². The molecular weight excluding hydrogens is 234 g/mol. The molecule has 1 aliphatic carbocycles. The van der Waals surface area contributed by atoms with E-state index in [-0.39, 0.29) is 11.3 Å². The van der Waals surface area contributed by atoms with Crippen molar-refractivity contribution < 1.29 is 4.79 Å². The largest absolute Gasteiger partial charge is 0.356 e. The molecule has 1 fully saturated rings. The molecule has 2 nitrogen and oxygen atoms in total. The first kappa shape index (κ1) is 14.1. The summed E-state index contributed by atoms with van der Waals surface area (Å²) in [5, 5.41) is 3.11. The lowest BCUT2D eigenvalue weighted by atomic mass is 9.81. The van der Waals surface area contributed by atoms with Crippen LogP contribution in [0.25, 0.3) is 0 Å². The third kappa shape index (κ3) is 4.09. The average Bonchev–Trinajstić information content (AvgIpc) is 2.90. The maximum Gasteiger partial charge on any atom is 0.220 e. The number of rotatable bonds is 5. The molecular formula is C17H25NO. The molecule has 0 saturated heterocycles. The second kappa shape index (κ2) is 6.23. The summed E-state index contributed by atoms with van der Waals surface area (Å²) < 4.78 is 0. The van der Waals surface area contributed by atoms with Crippen LogP contribution in [-0.4, -0.2) is 12.5 Å². The fourth-order valence-corrected chi connectivity index (χ4v) is 2.93. The fourth-order valence-electron chi connectivity index (χ4n) is 2.93. The fraction of sp³-hybridized carbons (Fsp3) is 0.588. The summed E-state index contributed by atoms with van der Waals surface area (Å²) >= 11 is 0. The van der Waals surface area contributed by atoms with E-state index < -0.39 is 0 Å². The predicted octanol–water partition coefficient (Wildman–Crippen LogP) is 3.66. The van der Waals surface area contributed by atoms with Crippen LogP contribution < -0.4 is 5.32 Å². The van der Waals surface area contributed by atoms with Crippen LogP contribution in [0.1, 0.15) is 51.5 Å². The molecule has 0 spiro atoms. The van der Waals surface area contributed by atoms with Gasteiger partial charge in [0.25, 0.3) is 0 Å². The molecule has 1 N–H and O–H groups in total. The van der Waals surface area contributed by atoms with Gasteiger partial charge in [-0.2, -0.15) is 0 Å². The van der Waals surface area contributed by atoms with Crippen molar-refractivity contribution in [1.82, 2.24) is 5.32 Å². The first-order valence-electron chi connectivity index (χ1n) is 7.40. The van der Waals surface area contributed by atoms with Crippen LogP contribution >= 0.6 is 0 Å². The van der Waals surface area contributed by atoms with E-state index in [1.165, 1.54) is 31.2 Å². The molecule has 1 aromatic rings. The van der Waals surface area contributed by atoms with E-state index in [1.807, 2.05) is 18.2 Å². The molecule has 1 amide bonds. The minimum Gasteiger partial charge on any atom is -0.356 e. The highest BCUT2D eigenvalue weighted by molar-refractivity contribution is 5.77. The lowest BCUT2D eigenvalue weighted by Crippen LogP contribution is -2.33. The highest BCUT2D eigenvalue weighted by atomic mass is 16.1. The van der Waals surface area contributed by atoms with Gasteiger partial charge in [-0.3, -0.25) is 4.79 Å². The van der Waals surface area contributed by atoms with Crippen molar-refractivity contribution in [2.24, 2.45) is 5.92 Å². The van der Waals surface area contributed by atoms with E-state index in [9.17, 15) is 4.79 Å². The third-order valence-electron chi connectivity index (χ3n) is 4.22. The highest BCUT2D eigenvalue weighted by Gasteiger charge is 2.24. The van der Waals surface area contributed by atoms with Gasteiger partial charge in [0.1, 0.15) is 0 Å². The molecule has 0 radical (unpaired) electrons. The molecule has 19 heavy (non-hydrogen) atoms. The van der Waals surface area contributed by atoms with Gasteiger partial charge in [-0.05, 0) is 29.7 Å². The lowest BCUT2D eigenvalue weighted by Gasteiger charge is -2.25. The summed E-state index contributed by atoms with van der Waals surface area (Å²) in [5.41, 5.74) is 1.13. The monoisotopic (exact) mass is 259 g/mol. The molecule has 2 heteroatoms. The number of nitrogens with one attached hydrogen (secondary N) is 1. The van der Waals surface area contributed by atoms with Crippen LogP contribution in [0, 0.1) is 5.92 Å². The van der Waals surface area contributed by atoms with E-state index in [1.54, 1.807) is 0 Å². The SMILES string of the molecule is CC(C)(CC(=O)NCC1CCCC1)c1ccccc1. The Morgan fingerprint density at radius 2 is 1.84 bits per heavy atom. The molecule has 2 rings (SSSR count). The van der Waals surface area contributed by atoms with Crippen molar-refractivity contribution in [2.75, 3.05) is 6.54 Å². The summed E-state index contributed by atoms with van der Waals surface area (Å²) in [6.45, 7) is 5.14. The van der Waals surface area contributed by atoms with Gasteiger partial charge in [0, 0.05) is 13.0 Å². The Hall–Kier alpha value is -1.31. The van der Waals surface area contributed by atoms with Gasteiger partial charge in [0.15, 0.2) is 0 Å². The van der Waals surface area contributed by atoms with E-state index in [0.717, 1.165) is 6.54 Å². The predicted molar refractivity (Wildman–Crippen MR) is 79.1 cm³/mol. The van der Waals surface area contributed by atoms with Gasteiger partial charge in [-0.25, -0.2) is 0 Å². The van der Waals surface area contributed by atoms with Crippen LogP contribution in [0.2, 0.25) is 0 Å². The van der Waals surface area contributed by atoms with E-state index in [0.29, 0.717) is 12.3 Å². The van der Waals surface area contributed by atoms with E-state index in [2.05, 4.69) is 31.3 Å². The zero-order valence-corrected chi connectivity index (χ0v) is 12.1. The molecule has 0 heterocycles. The summed E-state index contributed by atoms with van der Waals surface area (Å²) in [6, 6.07) is 10.3. The molecule has 0 unspecified atom stereocenters. The normalized spacial score (nSPS) is 16.5. The van der Waals surface area contributed by atoms with Gasteiger partial charge in [-0.1, -0.05) is 57.0 Å². The Kier molecular flexibility index (Phi) is 4.62. The Labute approximate surface area is 116 Å². The average molecular weight is 259 g/mol. The molecule has 1 aliphatic rings. The van der Waals surface area contributed by atoms with E-state index >= 15 is 0 Å². The molecule has 0 aromatic heterocycles. The molecule has 1 aromatic carbocycles. The molecule has 104 valence electrons. The molecule has 0 atom stereocenters. The maximum atomic E-state index is 12.1. The molecule has 1 saturated carbocycles. The Morgan fingerprint density at radius 1 is 1.21 bits per heavy atom. The van der Waals surface area contributed by atoms with Crippen molar-refractivity contribution in [3.63, 3.8) is 0 Å². The smallest absolute Gasteiger partial charge is 0.220 e. The maximum absolute atomic E-state index is 12.1. The lowest BCUT2D eigenvalue weighted by molar-refractivity contribution is -0.122. The zero-order valence-electron chi connectivity index (χ0n) is 12.1. The van der Waals surface area contributed by atoms with Gasteiger partial charge in [0.2, 0.25) is 5.91 Å². The Morgan fingerprint density at radius 3 is 2.47 bits per heavy atom. The number of amides is 1. The van der Waals surface area contributed by atoms with Crippen molar-refractivity contribution in [2.45, 2.75) is 51.4 Å². The minimum atomic E-state index is -0.0962. The first-order valence-corrected chi connectivity index (χ1v) is 7.40. The standard InChI is InChI=1S/C17H25NO/c1-17(2,15-10-4-3-5-11-15)12-16(19)18-13-14-8-6-7-9-14/h3-5,10-11,14H,6-9,12-13H2,1-2H3,(H,18,19). The van der Waals surface area contributed by atoms with Crippen molar-refractivity contribution in [3.05, 3.63) is 35.9 Å². The number of benzene rings is 1. The second-order valence-corrected chi connectivity index (χ2v) is 6.38. The summed E-state index contributed by atoms with van der Waals surface area (Å²) in [7, 11) is 0. The summed E-state index contributed by atoms with van der Waals surface area (Å²) in [4.78, 5) is 12.1. The first-order chi connectivity index (χ1) is 9.08. The summed E-state index contributed by atoms with van der Waals surface area (Å²) in [5.74, 6) is 0.893. The number of carbonyl (C=O) groups excluding carboxylic acids is 1. The van der Waals surface area contributed by atoms with Crippen LogP contribution in [0.15, 0.2) is 30.3 Å². The second-order valence-electron chi connectivity index (χ2n) is 6.38. The highest BCUT2D eigenvalue weighted by Crippen LogP contribution is 2.27. The van der Waals surface area contributed by atoms with Gasteiger partial charge < -0.3 is 5.32 Å². The van der Waals surface area contributed by atoms with Crippen LogP contribution in [0.3, 0.4) is 0 Å². The van der Waals surface area contributed by atoms with Crippen LogP contribution in [0.4, 0.5) is 0 Å².